The summed E-state index contributed by atoms with van der Waals surface area (Å²) in [5.41, 5.74) is 1.92. The number of anilines is 1. The van der Waals surface area contributed by atoms with Gasteiger partial charge in [0, 0.05) is 22.8 Å². The van der Waals surface area contributed by atoms with Crippen molar-refractivity contribution in [2.45, 2.75) is 6.42 Å². The molecule has 0 aliphatic carbocycles. The predicted octanol–water partition coefficient (Wildman–Crippen LogP) is 3.78. The van der Waals surface area contributed by atoms with Crippen LogP contribution >= 0.6 is 11.3 Å². The summed E-state index contributed by atoms with van der Waals surface area (Å²) in [4.78, 5) is 29.4. The highest BCUT2D eigenvalue weighted by Crippen LogP contribution is 2.24. The molecule has 4 aromatic rings. The Hall–Kier alpha value is -3.66. The van der Waals surface area contributed by atoms with Crippen LogP contribution in [0.2, 0.25) is 0 Å². The van der Waals surface area contributed by atoms with Crippen LogP contribution in [0.15, 0.2) is 54.0 Å². The molecule has 4 rings (SSSR count). The largest absolute Gasteiger partial charge is 0.347 e. The molecule has 0 atom stereocenters. The maximum atomic E-state index is 13.6. The molecule has 31 heavy (non-hydrogen) atoms. The van der Waals surface area contributed by atoms with Crippen LogP contribution in [0.25, 0.3) is 16.2 Å². The number of imidazole rings is 1. The van der Waals surface area contributed by atoms with Crippen molar-refractivity contribution in [1.82, 2.24) is 14.7 Å². The number of rotatable bonds is 6. The second kappa shape index (κ2) is 8.60. The van der Waals surface area contributed by atoms with E-state index in [2.05, 4.69) is 15.6 Å². The lowest BCUT2D eigenvalue weighted by atomic mass is 10.2. The lowest BCUT2D eigenvalue weighted by Crippen LogP contribution is -2.34. The predicted molar refractivity (Wildman–Crippen MR) is 110 cm³/mol. The van der Waals surface area contributed by atoms with Gasteiger partial charge >= 0.3 is 0 Å². The van der Waals surface area contributed by atoms with Crippen molar-refractivity contribution in [3.63, 3.8) is 0 Å². The molecule has 2 aromatic carbocycles. The molecule has 0 aliphatic heterocycles. The Balaban J connectivity index is 1.37. The van der Waals surface area contributed by atoms with Gasteiger partial charge in [-0.25, -0.2) is 18.2 Å². The lowest BCUT2D eigenvalue weighted by molar-refractivity contribution is -0.123. The van der Waals surface area contributed by atoms with Crippen LogP contribution in [-0.2, 0) is 16.0 Å². The average molecular weight is 444 g/mol. The third-order valence-corrected chi connectivity index (χ3v) is 5.34. The Morgan fingerprint density at radius 1 is 1.00 bits per heavy atom. The summed E-state index contributed by atoms with van der Waals surface area (Å²) < 4.78 is 41.6. The van der Waals surface area contributed by atoms with E-state index in [1.165, 1.54) is 11.3 Å². The van der Waals surface area contributed by atoms with E-state index in [-0.39, 0.29) is 6.42 Å². The van der Waals surface area contributed by atoms with Crippen molar-refractivity contribution >= 4 is 33.8 Å². The molecule has 158 valence electrons. The topological polar surface area (TPSA) is 75.5 Å². The van der Waals surface area contributed by atoms with E-state index >= 15 is 0 Å². The van der Waals surface area contributed by atoms with Crippen LogP contribution in [0.5, 0.6) is 0 Å². The van der Waals surface area contributed by atoms with Gasteiger partial charge in [0.2, 0.25) is 11.8 Å². The number of hydrogen-bond acceptors (Lipinski definition) is 4. The van der Waals surface area contributed by atoms with Crippen LogP contribution in [0, 0.1) is 17.5 Å². The van der Waals surface area contributed by atoms with Crippen molar-refractivity contribution in [3.8, 4) is 11.3 Å². The highest BCUT2D eigenvalue weighted by molar-refractivity contribution is 7.15. The van der Waals surface area contributed by atoms with Crippen LogP contribution in [0.1, 0.15) is 5.69 Å². The van der Waals surface area contributed by atoms with E-state index in [4.69, 9.17) is 0 Å². The minimum atomic E-state index is -1.68. The Kier molecular flexibility index (Phi) is 5.72. The van der Waals surface area contributed by atoms with Crippen LogP contribution < -0.4 is 10.6 Å². The molecule has 0 fully saturated rings. The first kappa shape index (κ1) is 20.6. The molecule has 0 aliphatic rings. The van der Waals surface area contributed by atoms with E-state index in [0.29, 0.717) is 11.8 Å². The highest BCUT2D eigenvalue weighted by atomic mass is 32.1. The minimum absolute atomic E-state index is 0.00257. The van der Waals surface area contributed by atoms with E-state index in [1.54, 1.807) is 5.38 Å². The SMILES string of the molecule is O=C(Cc1csc2nc(-c3ccccc3)cn12)NCC(=O)Nc1ccc(F)c(F)c1F. The zero-order valence-electron chi connectivity index (χ0n) is 15.9. The number of aromatic nitrogens is 2. The van der Waals surface area contributed by atoms with Gasteiger partial charge in [-0.15, -0.1) is 11.3 Å². The number of carbonyl (C=O) groups excluding carboxylic acids is 2. The molecule has 0 saturated heterocycles. The summed E-state index contributed by atoms with van der Waals surface area (Å²) >= 11 is 1.39. The highest BCUT2D eigenvalue weighted by Gasteiger charge is 2.16. The number of benzene rings is 2. The number of halogens is 3. The molecule has 6 nitrogen and oxygen atoms in total. The molecule has 2 amide bonds. The second-order valence-electron chi connectivity index (χ2n) is 6.60. The van der Waals surface area contributed by atoms with E-state index in [0.717, 1.165) is 22.3 Å². The first-order chi connectivity index (χ1) is 14.9. The van der Waals surface area contributed by atoms with Gasteiger partial charge in [0.15, 0.2) is 22.4 Å². The van der Waals surface area contributed by atoms with Gasteiger partial charge in [0.25, 0.3) is 0 Å². The van der Waals surface area contributed by atoms with Crippen molar-refractivity contribution in [3.05, 3.63) is 77.2 Å². The van der Waals surface area contributed by atoms with Crippen molar-refractivity contribution in [1.29, 1.82) is 0 Å². The maximum absolute atomic E-state index is 13.6. The summed E-state index contributed by atoms with van der Waals surface area (Å²) in [7, 11) is 0. The van der Waals surface area contributed by atoms with Gasteiger partial charge in [-0.2, -0.15) is 0 Å². The number of hydrogen-bond donors (Lipinski definition) is 2. The number of nitrogens with one attached hydrogen (secondary N) is 2. The molecular weight excluding hydrogens is 429 g/mol. The standard InChI is InChI=1S/C21H15F3N4O2S/c22-14-6-7-15(20(24)19(14)23)26-18(30)9-25-17(29)8-13-11-31-21-27-16(10-28(13)21)12-4-2-1-3-5-12/h1-7,10-11H,8-9H2,(H,25,29)(H,26,30). The first-order valence-electron chi connectivity index (χ1n) is 9.13. The van der Waals surface area contributed by atoms with Gasteiger partial charge in [-0.1, -0.05) is 30.3 Å². The van der Waals surface area contributed by atoms with Gasteiger partial charge in [-0.05, 0) is 12.1 Å². The summed E-state index contributed by atoms with van der Waals surface area (Å²) in [5.74, 6) is -5.76. The minimum Gasteiger partial charge on any atom is -0.347 e. The molecule has 0 spiro atoms. The maximum Gasteiger partial charge on any atom is 0.243 e. The van der Waals surface area contributed by atoms with E-state index < -0.39 is 41.5 Å². The monoisotopic (exact) mass is 444 g/mol. The number of nitrogens with zero attached hydrogens (tertiary/aromatic N) is 2. The summed E-state index contributed by atoms with van der Waals surface area (Å²) in [6.45, 7) is -0.455. The number of fused-ring (bicyclic) bond motifs is 1. The third kappa shape index (κ3) is 4.43. The van der Waals surface area contributed by atoms with E-state index in [9.17, 15) is 22.8 Å². The number of carbonyl (C=O) groups is 2. The van der Waals surface area contributed by atoms with Crippen molar-refractivity contribution in [2.24, 2.45) is 0 Å². The Bertz CT molecular complexity index is 1270. The molecule has 2 N–H and O–H groups in total. The Morgan fingerprint density at radius 3 is 2.55 bits per heavy atom. The quantitative estimate of drug-likeness (QED) is 0.445. The number of amides is 2. The molecule has 2 heterocycles. The number of thiazole rings is 1. The Morgan fingerprint density at radius 2 is 1.77 bits per heavy atom. The van der Waals surface area contributed by atoms with Gasteiger partial charge in [0.05, 0.1) is 24.3 Å². The van der Waals surface area contributed by atoms with Crippen LogP contribution in [0.3, 0.4) is 0 Å². The van der Waals surface area contributed by atoms with Gasteiger partial charge in [-0.3, -0.25) is 14.0 Å². The second-order valence-corrected chi connectivity index (χ2v) is 7.43. The lowest BCUT2D eigenvalue weighted by Gasteiger charge is -2.08. The summed E-state index contributed by atoms with van der Waals surface area (Å²) in [6, 6.07) is 11.2. The molecular formula is C21H15F3N4O2S. The molecule has 0 saturated carbocycles. The zero-order valence-corrected chi connectivity index (χ0v) is 16.7. The van der Waals surface area contributed by atoms with E-state index in [1.807, 2.05) is 40.9 Å². The third-order valence-electron chi connectivity index (χ3n) is 4.45. The molecule has 0 unspecified atom stereocenters. The summed E-state index contributed by atoms with van der Waals surface area (Å²) in [5, 5.41) is 6.31. The molecule has 0 radical (unpaired) electrons. The fourth-order valence-electron chi connectivity index (χ4n) is 2.93. The average Bonchev–Trinajstić information content (AvgIpc) is 3.35. The first-order valence-corrected chi connectivity index (χ1v) is 10.0. The fraction of sp³-hybridized carbons (Fsp3) is 0.0952. The van der Waals surface area contributed by atoms with Crippen LogP contribution in [-0.4, -0.2) is 27.7 Å². The fourth-order valence-corrected chi connectivity index (χ4v) is 3.80. The molecule has 10 heteroatoms. The molecule has 2 aromatic heterocycles. The molecule has 0 bridgehead atoms. The zero-order chi connectivity index (χ0) is 22.0. The van der Waals surface area contributed by atoms with Crippen LogP contribution in [0.4, 0.5) is 18.9 Å². The smallest absolute Gasteiger partial charge is 0.243 e. The normalized spacial score (nSPS) is 10.9. The van der Waals surface area contributed by atoms with Crippen molar-refractivity contribution in [2.75, 3.05) is 11.9 Å². The van der Waals surface area contributed by atoms with Crippen molar-refractivity contribution < 1.29 is 22.8 Å². The Labute approximate surface area is 178 Å². The van der Waals surface area contributed by atoms with Gasteiger partial charge in [0.1, 0.15) is 0 Å². The summed E-state index contributed by atoms with van der Waals surface area (Å²) in [6.07, 6.45) is 1.83. The van der Waals surface area contributed by atoms with Gasteiger partial charge < -0.3 is 10.6 Å².